The minimum absolute atomic E-state index is 0.0198. The van der Waals surface area contributed by atoms with E-state index in [-0.39, 0.29) is 31.2 Å². The highest BCUT2D eigenvalue weighted by Gasteiger charge is 2.47. The molecule has 1 N–H and O–H groups in total. The van der Waals surface area contributed by atoms with Gasteiger partial charge in [-0.1, -0.05) is 49.7 Å². The SMILES string of the molecule is CCCCN(C(=O)CN1CC(c2ccc3c(c2)OCO3)C(C(=O)O)C1CCc1ccccc1OC)c1cccc(C[N+](C)(C)C)c1. The van der Waals surface area contributed by atoms with Crippen LogP contribution in [0.15, 0.2) is 66.7 Å². The predicted molar refractivity (Wildman–Crippen MR) is 179 cm³/mol. The molecule has 0 spiro atoms. The minimum Gasteiger partial charge on any atom is -0.496 e. The van der Waals surface area contributed by atoms with Gasteiger partial charge in [0, 0.05) is 36.3 Å². The average molecular weight is 631 g/mol. The highest BCUT2D eigenvalue weighted by Crippen LogP contribution is 2.43. The number of carbonyl (C=O) groups excluding carboxylic acids is 1. The fourth-order valence-electron chi connectivity index (χ4n) is 6.89. The standard InChI is InChI=1S/C37H47N3O6/c1-6-7-19-39(29-13-10-11-26(20-29)24-40(2,3)4)35(41)23-38-22-30(28-16-18-33-34(21-28)46-25-45-33)36(37(42)43)31(38)17-15-27-12-8-9-14-32(27)44-5/h8-14,16,18,20-21,30-31,36H,6-7,15,17,19,22-25H2,1-5H3/p+1. The molecule has 0 saturated carbocycles. The highest BCUT2D eigenvalue weighted by atomic mass is 16.7. The summed E-state index contributed by atoms with van der Waals surface area (Å²) in [4.78, 5) is 31.3. The number of aliphatic carboxylic acids is 1. The zero-order valence-corrected chi connectivity index (χ0v) is 27.8. The van der Waals surface area contributed by atoms with Crippen LogP contribution in [-0.4, -0.2) is 87.1 Å². The van der Waals surface area contributed by atoms with Gasteiger partial charge in [0.15, 0.2) is 11.5 Å². The quantitative estimate of drug-likeness (QED) is 0.233. The van der Waals surface area contributed by atoms with Crippen LogP contribution < -0.4 is 19.1 Å². The van der Waals surface area contributed by atoms with Gasteiger partial charge in [-0.25, -0.2) is 0 Å². The van der Waals surface area contributed by atoms with Crippen molar-refractivity contribution in [2.24, 2.45) is 5.92 Å². The maximum atomic E-state index is 14.3. The summed E-state index contributed by atoms with van der Waals surface area (Å²) in [7, 11) is 8.11. The number of methoxy groups -OCH3 is 1. The first-order chi connectivity index (χ1) is 22.1. The molecule has 2 aliphatic heterocycles. The third kappa shape index (κ3) is 7.82. The van der Waals surface area contributed by atoms with E-state index in [0.717, 1.165) is 46.4 Å². The van der Waals surface area contributed by atoms with E-state index in [4.69, 9.17) is 14.2 Å². The average Bonchev–Trinajstić information content (AvgIpc) is 3.64. The molecule has 2 aliphatic rings. The van der Waals surface area contributed by atoms with Gasteiger partial charge in [-0.15, -0.1) is 0 Å². The number of hydrogen-bond acceptors (Lipinski definition) is 6. The number of carbonyl (C=O) groups is 2. The summed E-state index contributed by atoms with van der Waals surface area (Å²) in [6, 6.07) is 21.4. The summed E-state index contributed by atoms with van der Waals surface area (Å²) in [5.74, 6) is 0.155. The minimum atomic E-state index is -0.863. The fourth-order valence-corrected chi connectivity index (χ4v) is 6.89. The van der Waals surface area contributed by atoms with Gasteiger partial charge in [0.05, 0.1) is 40.7 Å². The number of benzene rings is 3. The summed E-state index contributed by atoms with van der Waals surface area (Å²) in [5, 5.41) is 10.7. The lowest BCUT2D eigenvalue weighted by molar-refractivity contribution is -0.884. The normalized spacial score (nSPS) is 19.3. The van der Waals surface area contributed by atoms with Crippen LogP contribution in [0.25, 0.3) is 0 Å². The molecular formula is C37H48N3O6+. The first-order valence-corrected chi connectivity index (χ1v) is 16.3. The van der Waals surface area contributed by atoms with Crippen molar-refractivity contribution >= 4 is 17.6 Å². The summed E-state index contributed by atoms with van der Waals surface area (Å²) >= 11 is 0. The fraction of sp³-hybridized carbons (Fsp3) is 0.459. The van der Waals surface area contributed by atoms with Crippen LogP contribution in [-0.2, 0) is 22.6 Å². The van der Waals surface area contributed by atoms with E-state index in [9.17, 15) is 14.7 Å². The Morgan fingerprint density at radius 2 is 1.80 bits per heavy atom. The van der Waals surface area contributed by atoms with Crippen LogP contribution in [0.2, 0.25) is 0 Å². The van der Waals surface area contributed by atoms with Gasteiger partial charge in [-0.05, 0) is 60.7 Å². The van der Waals surface area contributed by atoms with Crippen LogP contribution in [0.3, 0.4) is 0 Å². The molecule has 0 bridgehead atoms. The molecule has 2 heterocycles. The van der Waals surface area contributed by atoms with E-state index in [0.29, 0.717) is 37.4 Å². The number of likely N-dealkylation sites (tertiary alicyclic amines) is 1. The molecule has 46 heavy (non-hydrogen) atoms. The maximum absolute atomic E-state index is 14.3. The van der Waals surface area contributed by atoms with Crippen molar-refractivity contribution < 1.29 is 33.4 Å². The Morgan fingerprint density at radius 3 is 2.54 bits per heavy atom. The zero-order chi connectivity index (χ0) is 32.8. The summed E-state index contributed by atoms with van der Waals surface area (Å²) in [6.07, 6.45) is 3.03. The predicted octanol–water partition coefficient (Wildman–Crippen LogP) is 5.56. The highest BCUT2D eigenvalue weighted by molar-refractivity contribution is 5.95. The zero-order valence-electron chi connectivity index (χ0n) is 27.8. The second-order valence-corrected chi connectivity index (χ2v) is 13.4. The molecule has 9 heteroatoms. The van der Waals surface area contributed by atoms with Crippen molar-refractivity contribution in [2.45, 2.75) is 51.1 Å². The number of rotatable bonds is 14. The second-order valence-electron chi connectivity index (χ2n) is 13.4. The summed E-state index contributed by atoms with van der Waals surface area (Å²) in [5.41, 5.74) is 3.95. The van der Waals surface area contributed by atoms with Gasteiger partial charge >= 0.3 is 5.97 Å². The molecule has 9 nitrogen and oxygen atoms in total. The topological polar surface area (TPSA) is 88.5 Å². The molecule has 1 saturated heterocycles. The van der Waals surface area contributed by atoms with E-state index in [1.54, 1.807) is 7.11 Å². The Labute approximate surface area is 272 Å². The lowest BCUT2D eigenvalue weighted by Crippen LogP contribution is -2.44. The van der Waals surface area contributed by atoms with E-state index in [1.807, 2.05) is 59.5 Å². The maximum Gasteiger partial charge on any atom is 0.308 e. The Morgan fingerprint density at radius 1 is 1.02 bits per heavy atom. The summed E-state index contributed by atoms with van der Waals surface area (Å²) in [6.45, 7) is 4.30. The van der Waals surface area contributed by atoms with E-state index >= 15 is 0 Å². The van der Waals surface area contributed by atoms with Gasteiger partial charge in [0.25, 0.3) is 0 Å². The number of anilines is 1. The number of para-hydroxylation sites is 1. The van der Waals surface area contributed by atoms with Crippen molar-refractivity contribution in [3.05, 3.63) is 83.4 Å². The number of hydrogen-bond donors (Lipinski definition) is 1. The third-order valence-electron chi connectivity index (χ3n) is 9.01. The first-order valence-electron chi connectivity index (χ1n) is 16.3. The molecule has 0 radical (unpaired) electrons. The Bertz CT molecular complexity index is 1520. The molecule has 1 fully saturated rings. The van der Waals surface area contributed by atoms with Crippen molar-refractivity contribution in [3.63, 3.8) is 0 Å². The van der Waals surface area contributed by atoms with Crippen LogP contribution in [0, 0.1) is 5.92 Å². The van der Waals surface area contributed by atoms with E-state index in [1.165, 1.54) is 5.56 Å². The van der Waals surface area contributed by atoms with Crippen molar-refractivity contribution in [1.29, 1.82) is 0 Å². The molecular weight excluding hydrogens is 582 g/mol. The monoisotopic (exact) mass is 630 g/mol. The number of amides is 1. The van der Waals surface area contributed by atoms with Crippen molar-refractivity contribution in [2.75, 3.05) is 59.6 Å². The molecule has 1 amide bonds. The molecule has 3 aromatic rings. The van der Waals surface area contributed by atoms with Crippen LogP contribution in [0.4, 0.5) is 5.69 Å². The largest absolute Gasteiger partial charge is 0.496 e. The number of quaternary nitrogens is 1. The molecule has 3 aromatic carbocycles. The third-order valence-corrected chi connectivity index (χ3v) is 9.01. The summed E-state index contributed by atoms with van der Waals surface area (Å²) < 4.78 is 17.5. The first kappa shape index (κ1) is 33.3. The number of carboxylic acids is 1. The van der Waals surface area contributed by atoms with E-state index in [2.05, 4.69) is 45.1 Å². The smallest absolute Gasteiger partial charge is 0.308 e. The lowest BCUT2D eigenvalue weighted by Gasteiger charge is -2.30. The lowest BCUT2D eigenvalue weighted by atomic mass is 9.83. The molecule has 0 aliphatic carbocycles. The molecule has 3 atom stereocenters. The Hall–Kier alpha value is -4.08. The molecule has 246 valence electrons. The molecule has 5 rings (SSSR count). The second kappa shape index (κ2) is 14.6. The van der Waals surface area contributed by atoms with Gasteiger partial charge < -0.3 is 28.7 Å². The van der Waals surface area contributed by atoms with Crippen molar-refractivity contribution in [3.8, 4) is 17.2 Å². The van der Waals surface area contributed by atoms with Crippen LogP contribution in [0.5, 0.6) is 17.2 Å². The van der Waals surface area contributed by atoms with Gasteiger partial charge in [-0.2, -0.15) is 0 Å². The number of nitrogens with zero attached hydrogens (tertiary/aromatic N) is 3. The van der Waals surface area contributed by atoms with Gasteiger partial charge in [0.2, 0.25) is 12.7 Å². The number of carboxylic acid groups (broad SMARTS) is 1. The number of fused-ring (bicyclic) bond motifs is 1. The Kier molecular flexibility index (Phi) is 10.5. The molecule has 0 aromatic heterocycles. The van der Waals surface area contributed by atoms with Crippen LogP contribution in [0.1, 0.15) is 48.8 Å². The Balaban J connectivity index is 1.45. The number of aryl methyl sites for hydroxylation is 1. The van der Waals surface area contributed by atoms with E-state index < -0.39 is 11.9 Å². The number of ether oxygens (including phenoxy) is 3. The van der Waals surface area contributed by atoms with Gasteiger partial charge in [-0.3, -0.25) is 14.5 Å². The van der Waals surface area contributed by atoms with Crippen LogP contribution >= 0.6 is 0 Å². The van der Waals surface area contributed by atoms with Crippen molar-refractivity contribution in [1.82, 2.24) is 4.90 Å². The van der Waals surface area contributed by atoms with Gasteiger partial charge in [0.1, 0.15) is 12.3 Å². The number of unbranched alkanes of at least 4 members (excludes halogenated alkanes) is 1. The molecule has 3 unspecified atom stereocenters.